The van der Waals surface area contributed by atoms with Gasteiger partial charge in [0.15, 0.2) is 0 Å². The Bertz CT molecular complexity index is 376. The number of likely N-dealkylation sites (N-methyl/N-ethyl adjacent to an activating group) is 1. The lowest BCUT2D eigenvalue weighted by atomic mass is 9.83. The molecule has 1 N–H and O–H groups in total. The second kappa shape index (κ2) is 8.21. The zero-order valence-electron chi connectivity index (χ0n) is 13.1. The number of nitrogens with one attached hydrogen (secondary N) is 1. The van der Waals surface area contributed by atoms with Crippen molar-refractivity contribution in [2.45, 2.75) is 46.5 Å². The number of aryl methyl sites for hydroxylation is 1. The second-order valence-electron chi connectivity index (χ2n) is 5.43. The van der Waals surface area contributed by atoms with Crippen LogP contribution < -0.4 is 10.1 Å². The van der Waals surface area contributed by atoms with E-state index in [1.165, 1.54) is 24.0 Å². The molecule has 19 heavy (non-hydrogen) atoms. The van der Waals surface area contributed by atoms with Crippen LogP contribution in [0.25, 0.3) is 0 Å². The Morgan fingerprint density at radius 1 is 1.26 bits per heavy atom. The first kappa shape index (κ1) is 16.0. The molecule has 0 amide bonds. The number of hydrogen-bond donors (Lipinski definition) is 1. The molecule has 1 rings (SSSR count). The van der Waals surface area contributed by atoms with Gasteiger partial charge >= 0.3 is 0 Å². The smallest absolute Gasteiger partial charge is 0.122 e. The molecule has 0 radical (unpaired) electrons. The fourth-order valence-corrected chi connectivity index (χ4v) is 2.72. The Hall–Kier alpha value is -1.02. The first-order valence-corrected chi connectivity index (χ1v) is 7.49. The van der Waals surface area contributed by atoms with Crippen molar-refractivity contribution in [1.29, 1.82) is 0 Å². The van der Waals surface area contributed by atoms with Crippen LogP contribution in [0.5, 0.6) is 5.75 Å². The quantitative estimate of drug-likeness (QED) is 0.761. The highest BCUT2D eigenvalue weighted by atomic mass is 16.5. The van der Waals surface area contributed by atoms with Crippen LogP contribution in [-0.2, 0) is 0 Å². The maximum absolute atomic E-state index is 5.56. The fraction of sp³-hybridized carbons (Fsp3) is 0.647. The van der Waals surface area contributed by atoms with Crippen molar-refractivity contribution in [3.05, 3.63) is 29.3 Å². The van der Waals surface area contributed by atoms with Crippen LogP contribution in [0.3, 0.4) is 0 Å². The van der Waals surface area contributed by atoms with E-state index in [4.69, 9.17) is 4.74 Å². The van der Waals surface area contributed by atoms with E-state index in [-0.39, 0.29) is 0 Å². The summed E-state index contributed by atoms with van der Waals surface area (Å²) in [6.07, 6.45) is 2.49. The monoisotopic (exact) mass is 263 g/mol. The summed E-state index contributed by atoms with van der Waals surface area (Å²) in [7, 11) is 1.77. The molecule has 0 saturated carbocycles. The van der Waals surface area contributed by atoms with Gasteiger partial charge in [-0.05, 0) is 31.0 Å². The molecule has 2 nitrogen and oxygen atoms in total. The van der Waals surface area contributed by atoms with E-state index in [0.29, 0.717) is 11.8 Å². The molecule has 1 aromatic rings. The van der Waals surface area contributed by atoms with E-state index < -0.39 is 0 Å². The van der Waals surface area contributed by atoms with Crippen LogP contribution in [0, 0.1) is 12.8 Å². The molecular formula is C17H29NO. The van der Waals surface area contributed by atoms with Gasteiger partial charge in [-0.15, -0.1) is 0 Å². The molecule has 2 atom stereocenters. The Morgan fingerprint density at radius 3 is 2.58 bits per heavy atom. The van der Waals surface area contributed by atoms with E-state index in [2.05, 4.69) is 51.2 Å². The van der Waals surface area contributed by atoms with Gasteiger partial charge in [-0.25, -0.2) is 0 Å². The summed E-state index contributed by atoms with van der Waals surface area (Å²) in [5.41, 5.74) is 2.66. The summed E-state index contributed by atoms with van der Waals surface area (Å²) in [6.45, 7) is 11.0. The highest BCUT2D eigenvalue weighted by molar-refractivity contribution is 5.40. The zero-order valence-corrected chi connectivity index (χ0v) is 13.1. The van der Waals surface area contributed by atoms with Gasteiger partial charge in [0.1, 0.15) is 5.75 Å². The predicted molar refractivity (Wildman–Crippen MR) is 83.1 cm³/mol. The second-order valence-corrected chi connectivity index (χ2v) is 5.43. The van der Waals surface area contributed by atoms with Gasteiger partial charge < -0.3 is 10.1 Å². The van der Waals surface area contributed by atoms with Crippen LogP contribution in [0.2, 0.25) is 0 Å². The van der Waals surface area contributed by atoms with Gasteiger partial charge in [0.2, 0.25) is 0 Å². The normalized spacial score (nSPS) is 14.2. The Morgan fingerprint density at radius 2 is 2.00 bits per heavy atom. The van der Waals surface area contributed by atoms with Gasteiger partial charge in [-0.1, -0.05) is 51.3 Å². The van der Waals surface area contributed by atoms with Gasteiger partial charge in [0.05, 0.1) is 7.11 Å². The summed E-state index contributed by atoms with van der Waals surface area (Å²) < 4.78 is 5.56. The third-order valence-electron chi connectivity index (χ3n) is 3.83. The minimum Gasteiger partial charge on any atom is -0.496 e. The molecule has 0 bridgehead atoms. The molecule has 2 unspecified atom stereocenters. The zero-order chi connectivity index (χ0) is 14.3. The van der Waals surface area contributed by atoms with Crippen LogP contribution >= 0.6 is 0 Å². The molecule has 0 aliphatic heterocycles. The van der Waals surface area contributed by atoms with Crippen molar-refractivity contribution >= 4 is 0 Å². The van der Waals surface area contributed by atoms with E-state index in [1.54, 1.807) is 7.11 Å². The lowest BCUT2D eigenvalue weighted by Gasteiger charge is -2.26. The molecule has 0 heterocycles. The summed E-state index contributed by atoms with van der Waals surface area (Å²) in [4.78, 5) is 0. The van der Waals surface area contributed by atoms with Crippen LogP contribution in [-0.4, -0.2) is 20.2 Å². The minimum atomic E-state index is 0.523. The molecule has 0 aliphatic carbocycles. The standard InChI is InChI=1S/C17H29NO/c1-6-8-14(4)16(12-18-7-2)15-11-13(3)9-10-17(15)19-5/h9-11,14,16,18H,6-8,12H2,1-5H3. The lowest BCUT2D eigenvalue weighted by Crippen LogP contribution is -2.26. The molecular weight excluding hydrogens is 234 g/mol. The summed E-state index contributed by atoms with van der Waals surface area (Å²) >= 11 is 0. The molecule has 0 aliphatic rings. The minimum absolute atomic E-state index is 0.523. The van der Waals surface area contributed by atoms with Crippen molar-refractivity contribution in [3.63, 3.8) is 0 Å². The van der Waals surface area contributed by atoms with Crippen LogP contribution in [0.4, 0.5) is 0 Å². The van der Waals surface area contributed by atoms with E-state index >= 15 is 0 Å². The molecule has 0 spiro atoms. The number of ether oxygens (including phenoxy) is 1. The van der Waals surface area contributed by atoms with Crippen molar-refractivity contribution in [2.75, 3.05) is 20.2 Å². The number of benzene rings is 1. The molecule has 2 heteroatoms. The predicted octanol–water partition coefficient (Wildman–Crippen LogP) is 4.13. The Labute approximate surface area is 118 Å². The molecule has 0 saturated heterocycles. The Balaban J connectivity index is 3.04. The van der Waals surface area contributed by atoms with Crippen LogP contribution in [0.1, 0.15) is 50.7 Å². The van der Waals surface area contributed by atoms with Gasteiger partial charge in [0.25, 0.3) is 0 Å². The first-order valence-electron chi connectivity index (χ1n) is 7.49. The number of hydrogen-bond acceptors (Lipinski definition) is 2. The maximum atomic E-state index is 5.56. The summed E-state index contributed by atoms with van der Waals surface area (Å²) in [5.74, 6) is 2.21. The highest BCUT2D eigenvalue weighted by Crippen LogP contribution is 2.34. The van der Waals surface area contributed by atoms with Crippen molar-refractivity contribution in [2.24, 2.45) is 5.92 Å². The van der Waals surface area contributed by atoms with Crippen molar-refractivity contribution in [1.82, 2.24) is 5.32 Å². The van der Waals surface area contributed by atoms with E-state index in [0.717, 1.165) is 18.8 Å². The lowest BCUT2D eigenvalue weighted by molar-refractivity contribution is 0.371. The largest absolute Gasteiger partial charge is 0.496 e. The summed E-state index contributed by atoms with van der Waals surface area (Å²) in [6, 6.07) is 6.51. The molecule has 0 fully saturated rings. The van der Waals surface area contributed by atoms with Crippen LogP contribution in [0.15, 0.2) is 18.2 Å². The summed E-state index contributed by atoms with van der Waals surface area (Å²) in [5, 5.41) is 3.50. The molecule has 0 aromatic heterocycles. The van der Waals surface area contributed by atoms with Crippen molar-refractivity contribution in [3.8, 4) is 5.75 Å². The Kier molecular flexibility index (Phi) is 6.93. The third kappa shape index (κ3) is 4.54. The number of methoxy groups -OCH3 is 1. The molecule has 1 aromatic carbocycles. The van der Waals surface area contributed by atoms with Gasteiger partial charge in [0, 0.05) is 12.5 Å². The van der Waals surface area contributed by atoms with Gasteiger partial charge in [-0.2, -0.15) is 0 Å². The number of rotatable bonds is 8. The average Bonchev–Trinajstić information content (AvgIpc) is 2.40. The average molecular weight is 263 g/mol. The van der Waals surface area contributed by atoms with E-state index in [1.807, 2.05) is 0 Å². The van der Waals surface area contributed by atoms with Crippen molar-refractivity contribution < 1.29 is 4.74 Å². The van der Waals surface area contributed by atoms with E-state index in [9.17, 15) is 0 Å². The third-order valence-corrected chi connectivity index (χ3v) is 3.83. The SMILES string of the molecule is CCCC(C)C(CNCC)c1cc(C)ccc1OC. The highest BCUT2D eigenvalue weighted by Gasteiger charge is 2.21. The van der Waals surface area contributed by atoms with Gasteiger partial charge in [-0.3, -0.25) is 0 Å². The molecule has 108 valence electrons. The first-order chi connectivity index (χ1) is 9.13. The maximum Gasteiger partial charge on any atom is 0.122 e. The fourth-order valence-electron chi connectivity index (χ4n) is 2.72. The topological polar surface area (TPSA) is 21.3 Å².